The van der Waals surface area contributed by atoms with Crippen LogP contribution in [0.1, 0.15) is 20.3 Å². The standard InChI is InChI=1S/C14H21N3O2/c1-10(2)9-18-8-4-7-16-14-17-13-11(15)5-3-6-12(13)19-14/h3,5-6,10H,4,7-9,15H2,1-2H3,(H,16,17). The lowest BCUT2D eigenvalue weighted by molar-refractivity contribution is 0.109. The fourth-order valence-corrected chi connectivity index (χ4v) is 1.73. The van der Waals surface area contributed by atoms with E-state index < -0.39 is 0 Å². The van der Waals surface area contributed by atoms with Gasteiger partial charge in [-0.15, -0.1) is 0 Å². The number of para-hydroxylation sites is 1. The van der Waals surface area contributed by atoms with Crippen molar-refractivity contribution >= 4 is 22.8 Å². The van der Waals surface area contributed by atoms with Crippen molar-refractivity contribution in [2.24, 2.45) is 5.92 Å². The number of aromatic nitrogens is 1. The van der Waals surface area contributed by atoms with Crippen LogP contribution in [-0.2, 0) is 4.74 Å². The van der Waals surface area contributed by atoms with Crippen molar-refractivity contribution in [1.29, 1.82) is 0 Å². The van der Waals surface area contributed by atoms with E-state index in [0.717, 1.165) is 26.2 Å². The molecule has 5 heteroatoms. The maximum atomic E-state index is 5.82. The molecule has 0 unspecified atom stereocenters. The van der Waals surface area contributed by atoms with Gasteiger partial charge in [0.15, 0.2) is 5.58 Å². The number of hydrogen-bond donors (Lipinski definition) is 2. The predicted octanol–water partition coefficient (Wildman–Crippen LogP) is 2.88. The summed E-state index contributed by atoms with van der Waals surface area (Å²) in [6, 6.07) is 6.04. The van der Waals surface area contributed by atoms with Gasteiger partial charge in [0, 0.05) is 19.8 Å². The summed E-state index contributed by atoms with van der Waals surface area (Å²) in [6.07, 6.45) is 0.918. The largest absolute Gasteiger partial charge is 0.423 e. The Morgan fingerprint density at radius 1 is 1.42 bits per heavy atom. The Morgan fingerprint density at radius 3 is 3.00 bits per heavy atom. The molecule has 0 spiro atoms. The Morgan fingerprint density at radius 2 is 2.26 bits per heavy atom. The third-order valence-corrected chi connectivity index (χ3v) is 2.64. The third kappa shape index (κ3) is 3.86. The van der Waals surface area contributed by atoms with Gasteiger partial charge >= 0.3 is 0 Å². The second kappa shape index (κ2) is 6.43. The molecule has 2 rings (SSSR count). The van der Waals surface area contributed by atoms with Gasteiger partial charge in [0.2, 0.25) is 0 Å². The number of anilines is 2. The summed E-state index contributed by atoms with van der Waals surface area (Å²) in [4.78, 5) is 4.31. The van der Waals surface area contributed by atoms with Crippen molar-refractivity contribution in [3.8, 4) is 0 Å². The van der Waals surface area contributed by atoms with Crippen LogP contribution in [0.4, 0.5) is 11.7 Å². The molecule has 1 heterocycles. The van der Waals surface area contributed by atoms with Crippen LogP contribution >= 0.6 is 0 Å². The highest BCUT2D eigenvalue weighted by atomic mass is 16.5. The molecule has 5 nitrogen and oxygen atoms in total. The zero-order valence-electron chi connectivity index (χ0n) is 11.5. The van der Waals surface area contributed by atoms with Crippen LogP contribution in [0.2, 0.25) is 0 Å². The summed E-state index contributed by atoms with van der Waals surface area (Å²) in [5.74, 6) is 0.577. The highest BCUT2D eigenvalue weighted by molar-refractivity contribution is 5.86. The number of nitrogens with two attached hydrogens (primary N) is 1. The average Bonchev–Trinajstić information content (AvgIpc) is 2.78. The van der Waals surface area contributed by atoms with Crippen molar-refractivity contribution in [3.63, 3.8) is 0 Å². The van der Waals surface area contributed by atoms with Crippen LogP contribution < -0.4 is 11.1 Å². The number of hydrogen-bond acceptors (Lipinski definition) is 5. The van der Waals surface area contributed by atoms with Gasteiger partial charge in [-0.25, -0.2) is 0 Å². The summed E-state index contributed by atoms with van der Waals surface area (Å²) >= 11 is 0. The van der Waals surface area contributed by atoms with E-state index in [1.54, 1.807) is 0 Å². The van der Waals surface area contributed by atoms with Crippen LogP contribution in [0.5, 0.6) is 0 Å². The highest BCUT2D eigenvalue weighted by Crippen LogP contribution is 2.23. The van der Waals surface area contributed by atoms with E-state index >= 15 is 0 Å². The second-order valence-electron chi connectivity index (χ2n) is 4.96. The SMILES string of the molecule is CC(C)COCCCNc1nc2c(N)cccc2o1. The molecule has 0 bridgehead atoms. The van der Waals surface area contributed by atoms with Crippen LogP contribution in [0.25, 0.3) is 11.1 Å². The third-order valence-electron chi connectivity index (χ3n) is 2.64. The fraction of sp³-hybridized carbons (Fsp3) is 0.500. The molecule has 0 amide bonds. The van der Waals surface area contributed by atoms with Gasteiger partial charge < -0.3 is 20.2 Å². The molecule has 0 atom stereocenters. The maximum Gasteiger partial charge on any atom is 0.295 e. The second-order valence-corrected chi connectivity index (χ2v) is 4.96. The molecule has 0 aliphatic rings. The number of nitrogens with one attached hydrogen (secondary N) is 1. The normalized spacial score (nSPS) is 11.3. The quantitative estimate of drug-likeness (QED) is 0.593. The molecule has 1 aromatic carbocycles. The summed E-state index contributed by atoms with van der Waals surface area (Å²) in [5, 5.41) is 3.14. The first-order chi connectivity index (χ1) is 9.16. The summed E-state index contributed by atoms with van der Waals surface area (Å²) < 4.78 is 11.1. The number of rotatable bonds is 7. The molecular weight excluding hydrogens is 242 g/mol. The number of nitrogen functional groups attached to an aromatic ring is 1. The molecule has 1 aromatic heterocycles. The lowest BCUT2D eigenvalue weighted by atomic mass is 10.2. The van der Waals surface area contributed by atoms with Gasteiger partial charge in [-0.2, -0.15) is 4.98 Å². The first-order valence-electron chi connectivity index (χ1n) is 6.63. The Bertz CT molecular complexity index is 522. The number of oxazole rings is 1. The minimum Gasteiger partial charge on any atom is -0.423 e. The van der Waals surface area contributed by atoms with Gasteiger partial charge in [0.25, 0.3) is 6.01 Å². The Kier molecular flexibility index (Phi) is 4.63. The van der Waals surface area contributed by atoms with Crippen LogP contribution in [0.3, 0.4) is 0 Å². The van der Waals surface area contributed by atoms with Gasteiger partial charge in [0.05, 0.1) is 5.69 Å². The number of ether oxygens (including phenoxy) is 1. The summed E-state index contributed by atoms with van der Waals surface area (Å²) in [6.45, 7) is 6.60. The predicted molar refractivity (Wildman–Crippen MR) is 77.2 cm³/mol. The average molecular weight is 263 g/mol. The smallest absolute Gasteiger partial charge is 0.295 e. The van der Waals surface area contributed by atoms with E-state index in [9.17, 15) is 0 Å². The zero-order valence-corrected chi connectivity index (χ0v) is 11.5. The van der Waals surface area contributed by atoms with E-state index in [1.165, 1.54) is 0 Å². The van der Waals surface area contributed by atoms with E-state index in [-0.39, 0.29) is 0 Å². The minimum absolute atomic E-state index is 0.511. The first-order valence-corrected chi connectivity index (χ1v) is 6.63. The van der Waals surface area contributed by atoms with Gasteiger partial charge in [-0.05, 0) is 24.5 Å². The Labute approximate surface area is 113 Å². The van der Waals surface area contributed by atoms with Crippen molar-refractivity contribution < 1.29 is 9.15 Å². The van der Waals surface area contributed by atoms with Gasteiger partial charge in [-0.1, -0.05) is 19.9 Å². The fourth-order valence-electron chi connectivity index (χ4n) is 1.73. The molecular formula is C14H21N3O2. The molecule has 0 aliphatic heterocycles. The van der Waals surface area contributed by atoms with Gasteiger partial charge in [0.1, 0.15) is 5.52 Å². The Hall–Kier alpha value is -1.75. The molecule has 3 N–H and O–H groups in total. The van der Waals surface area contributed by atoms with E-state index in [4.69, 9.17) is 14.9 Å². The highest BCUT2D eigenvalue weighted by Gasteiger charge is 2.06. The number of nitrogens with zero attached hydrogens (tertiary/aromatic N) is 1. The van der Waals surface area contributed by atoms with Crippen LogP contribution in [-0.4, -0.2) is 24.7 Å². The monoisotopic (exact) mass is 263 g/mol. The molecule has 0 radical (unpaired) electrons. The van der Waals surface area contributed by atoms with Crippen LogP contribution in [0.15, 0.2) is 22.6 Å². The number of benzene rings is 1. The summed E-state index contributed by atoms with van der Waals surface area (Å²) in [7, 11) is 0. The van der Waals surface area contributed by atoms with E-state index in [0.29, 0.717) is 28.7 Å². The molecule has 19 heavy (non-hydrogen) atoms. The lowest BCUT2D eigenvalue weighted by Crippen LogP contribution is -2.08. The molecule has 0 fully saturated rings. The van der Waals surface area contributed by atoms with Crippen molar-refractivity contribution in [1.82, 2.24) is 4.98 Å². The molecule has 2 aromatic rings. The Balaban J connectivity index is 1.77. The lowest BCUT2D eigenvalue weighted by Gasteiger charge is -2.06. The van der Waals surface area contributed by atoms with E-state index in [1.807, 2.05) is 18.2 Å². The van der Waals surface area contributed by atoms with Gasteiger partial charge in [-0.3, -0.25) is 0 Å². The van der Waals surface area contributed by atoms with Crippen molar-refractivity contribution in [2.45, 2.75) is 20.3 Å². The molecule has 0 saturated heterocycles. The molecule has 0 aliphatic carbocycles. The molecule has 104 valence electrons. The van der Waals surface area contributed by atoms with Crippen molar-refractivity contribution in [3.05, 3.63) is 18.2 Å². The first kappa shape index (κ1) is 13.7. The summed E-state index contributed by atoms with van der Waals surface area (Å²) in [5.41, 5.74) is 7.87. The molecule has 0 saturated carbocycles. The number of fused-ring (bicyclic) bond motifs is 1. The van der Waals surface area contributed by atoms with Crippen molar-refractivity contribution in [2.75, 3.05) is 30.8 Å². The topological polar surface area (TPSA) is 73.3 Å². The zero-order chi connectivity index (χ0) is 13.7. The maximum absolute atomic E-state index is 5.82. The van der Waals surface area contributed by atoms with E-state index in [2.05, 4.69) is 24.1 Å². The van der Waals surface area contributed by atoms with Crippen LogP contribution in [0, 0.1) is 5.92 Å². The minimum atomic E-state index is 0.511.